The van der Waals surface area contributed by atoms with Gasteiger partial charge in [0, 0.05) is 43.5 Å². The van der Waals surface area contributed by atoms with E-state index in [0.29, 0.717) is 43.8 Å². The highest BCUT2D eigenvalue weighted by Crippen LogP contribution is 2.38. The summed E-state index contributed by atoms with van der Waals surface area (Å²) in [5, 5.41) is 10.8. The van der Waals surface area contributed by atoms with Crippen LogP contribution in [0.1, 0.15) is 50.1 Å². The lowest BCUT2D eigenvalue weighted by Crippen LogP contribution is -2.47. The van der Waals surface area contributed by atoms with Crippen molar-refractivity contribution in [1.82, 2.24) is 20.4 Å². The van der Waals surface area contributed by atoms with Gasteiger partial charge in [0.15, 0.2) is 0 Å². The second kappa shape index (κ2) is 8.66. The standard InChI is InChI=1S/C24H31F2N5O2/c1-30-20-13-17(2-3-18(20)22(29-30)19-4-5-21(32)28-23(19)33)31-10-7-15(8-11-31)12-16-6-9-27-14-24(16,25)26/h2-3,13,15-16,19,27H,4-12,14H2,1H3,(H,28,32,33)/t16-,19?/m0/s1. The average molecular weight is 460 g/mol. The lowest BCUT2D eigenvalue weighted by Gasteiger charge is -2.38. The van der Waals surface area contributed by atoms with Gasteiger partial charge in [-0.2, -0.15) is 5.10 Å². The summed E-state index contributed by atoms with van der Waals surface area (Å²) in [5.41, 5.74) is 2.75. The zero-order valence-electron chi connectivity index (χ0n) is 18.9. The first-order valence-electron chi connectivity index (χ1n) is 12.0. The molecule has 33 heavy (non-hydrogen) atoms. The number of halogens is 2. The number of carbonyl (C=O) groups excluding carboxylic acids is 2. The van der Waals surface area contributed by atoms with Crippen LogP contribution in [0.2, 0.25) is 0 Å². The van der Waals surface area contributed by atoms with Gasteiger partial charge in [0.1, 0.15) is 0 Å². The van der Waals surface area contributed by atoms with E-state index in [1.54, 1.807) is 4.68 Å². The highest BCUT2D eigenvalue weighted by Gasteiger charge is 2.42. The fourth-order valence-corrected chi connectivity index (χ4v) is 5.69. The second-order valence-corrected chi connectivity index (χ2v) is 9.80. The first kappa shape index (κ1) is 22.3. The number of fused-ring (bicyclic) bond motifs is 1. The topological polar surface area (TPSA) is 79.3 Å². The Morgan fingerprint density at radius 1 is 1.15 bits per heavy atom. The quantitative estimate of drug-likeness (QED) is 0.688. The van der Waals surface area contributed by atoms with Crippen LogP contribution >= 0.6 is 0 Å². The van der Waals surface area contributed by atoms with Gasteiger partial charge in [0.2, 0.25) is 11.8 Å². The van der Waals surface area contributed by atoms with Crippen molar-refractivity contribution in [2.24, 2.45) is 18.9 Å². The Morgan fingerprint density at radius 2 is 1.94 bits per heavy atom. The summed E-state index contributed by atoms with van der Waals surface area (Å²) in [6.07, 6.45) is 3.81. The molecule has 3 aliphatic heterocycles. The maximum Gasteiger partial charge on any atom is 0.263 e. The van der Waals surface area contributed by atoms with Crippen molar-refractivity contribution in [1.29, 1.82) is 0 Å². The van der Waals surface area contributed by atoms with Crippen molar-refractivity contribution in [3.63, 3.8) is 0 Å². The lowest BCUT2D eigenvalue weighted by molar-refractivity contribution is -0.134. The van der Waals surface area contributed by atoms with E-state index in [1.807, 2.05) is 13.1 Å². The molecule has 0 saturated carbocycles. The Kier molecular flexibility index (Phi) is 5.84. The van der Waals surface area contributed by atoms with E-state index >= 15 is 0 Å². The van der Waals surface area contributed by atoms with E-state index in [1.165, 1.54) is 0 Å². The molecule has 2 amide bonds. The fourth-order valence-electron chi connectivity index (χ4n) is 5.69. The Labute approximate surface area is 191 Å². The van der Waals surface area contributed by atoms with Crippen molar-refractivity contribution in [3.8, 4) is 0 Å². The van der Waals surface area contributed by atoms with Gasteiger partial charge in [0.25, 0.3) is 5.92 Å². The zero-order valence-corrected chi connectivity index (χ0v) is 18.9. The number of piperidine rings is 3. The van der Waals surface area contributed by atoms with Crippen LogP contribution in [0.4, 0.5) is 14.5 Å². The van der Waals surface area contributed by atoms with E-state index in [4.69, 9.17) is 0 Å². The highest BCUT2D eigenvalue weighted by molar-refractivity contribution is 6.02. The van der Waals surface area contributed by atoms with Crippen molar-refractivity contribution in [2.75, 3.05) is 31.1 Å². The number of benzene rings is 1. The SMILES string of the molecule is Cn1nc(C2CCC(=O)NC2=O)c2ccc(N3CCC(C[C@@H]4CCNCC4(F)F)CC3)cc21. The molecule has 1 aromatic carbocycles. The molecule has 9 heteroatoms. The number of hydrogen-bond donors (Lipinski definition) is 2. The van der Waals surface area contributed by atoms with Crippen LogP contribution in [0.25, 0.3) is 10.9 Å². The summed E-state index contributed by atoms with van der Waals surface area (Å²) in [7, 11) is 1.87. The van der Waals surface area contributed by atoms with Crippen molar-refractivity contribution in [3.05, 3.63) is 23.9 Å². The number of rotatable bonds is 4. The molecule has 3 fully saturated rings. The molecular weight excluding hydrogens is 428 g/mol. The molecule has 5 rings (SSSR count). The summed E-state index contributed by atoms with van der Waals surface area (Å²) in [6.45, 7) is 2.20. The molecule has 1 aromatic heterocycles. The van der Waals surface area contributed by atoms with Gasteiger partial charge in [-0.05, 0) is 62.8 Å². The van der Waals surface area contributed by atoms with Crippen LogP contribution < -0.4 is 15.5 Å². The Morgan fingerprint density at radius 3 is 2.67 bits per heavy atom. The fraction of sp³-hybridized carbons (Fsp3) is 0.625. The number of anilines is 1. The van der Waals surface area contributed by atoms with Crippen molar-refractivity contribution >= 4 is 28.4 Å². The number of aryl methyl sites for hydroxylation is 1. The van der Waals surface area contributed by atoms with Crippen molar-refractivity contribution < 1.29 is 18.4 Å². The summed E-state index contributed by atoms with van der Waals surface area (Å²) in [6, 6.07) is 6.16. The normalized spacial score (nSPS) is 26.6. The van der Waals surface area contributed by atoms with Crippen LogP contribution in [-0.2, 0) is 16.6 Å². The Bertz CT molecular complexity index is 1060. The van der Waals surface area contributed by atoms with Gasteiger partial charge >= 0.3 is 0 Å². The molecule has 0 radical (unpaired) electrons. The molecule has 4 heterocycles. The minimum Gasteiger partial charge on any atom is -0.371 e. The average Bonchev–Trinajstić information content (AvgIpc) is 3.11. The van der Waals surface area contributed by atoms with Crippen LogP contribution in [0.5, 0.6) is 0 Å². The molecule has 2 aromatic rings. The van der Waals surface area contributed by atoms with E-state index in [-0.39, 0.29) is 18.4 Å². The number of hydrogen-bond acceptors (Lipinski definition) is 5. The van der Waals surface area contributed by atoms with Gasteiger partial charge in [-0.25, -0.2) is 8.78 Å². The summed E-state index contributed by atoms with van der Waals surface area (Å²) in [4.78, 5) is 26.2. The molecule has 3 saturated heterocycles. The molecule has 0 spiro atoms. The van der Waals surface area contributed by atoms with E-state index in [2.05, 4.69) is 32.8 Å². The van der Waals surface area contributed by atoms with Gasteiger partial charge in [-0.1, -0.05) is 0 Å². The summed E-state index contributed by atoms with van der Waals surface area (Å²) < 4.78 is 30.2. The van der Waals surface area contributed by atoms with E-state index in [9.17, 15) is 18.4 Å². The van der Waals surface area contributed by atoms with Crippen LogP contribution in [0.3, 0.4) is 0 Å². The molecule has 0 bridgehead atoms. The number of nitrogens with zero attached hydrogens (tertiary/aromatic N) is 3. The Hall–Kier alpha value is -2.55. The molecule has 2 atom stereocenters. The first-order valence-corrected chi connectivity index (χ1v) is 12.0. The summed E-state index contributed by atoms with van der Waals surface area (Å²) >= 11 is 0. The molecule has 7 nitrogen and oxygen atoms in total. The van der Waals surface area contributed by atoms with Crippen LogP contribution in [0, 0.1) is 11.8 Å². The number of nitrogens with one attached hydrogen (secondary N) is 2. The zero-order chi connectivity index (χ0) is 23.2. The van der Waals surface area contributed by atoms with E-state index < -0.39 is 17.8 Å². The van der Waals surface area contributed by atoms with E-state index in [0.717, 1.165) is 42.5 Å². The van der Waals surface area contributed by atoms with Crippen LogP contribution in [0.15, 0.2) is 18.2 Å². The van der Waals surface area contributed by atoms with Gasteiger partial charge in [-0.15, -0.1) is 0 Å². The second-order valence-electron chi connectivity index (χ2n) is 9.80. The number of amides is 2. The molecule has 178 valence electrons. The number of carbonyl (C=O) groups is 2. The molecule has 1 unspecified atom stereocenters. The van der Waals surface area contributed by atoms with Gasteiger partial charge in [-0.3, -0.25) is 19.6 Å². The molecule has 2 N–H and O–H groups in total. The monoisotopic (exact) mass is 459 g/mol. The number of imide groups is 1. The predicted octanol–water partition coefficient (Wildman–Crippen LogP) is 2.94. The van der Waals surface area contributed by atoms with Crippen LogP contribution in [-0.4, -0.2) is 53.7 Å². The lowest BCUT2D eigenvalue weighted by atomic mass is 9.81. The predicted molar refractivity (Wildman–Crippen MR) is 121 cm³/mol. The maximum absolute atomic E-state index is 14.2. The largest absolute Gasteiger partial charge is 0.371 e. The number of aromatic nitrogens is 2. The minimum absolute atomic E-state index is 0.192. The molecular formula is C24H31F2N5O2. The third-order valence-electron chi connectivity index (χ3n) is 7.66. The Balaban J connectivity index is 1.27. The van der Waals surface area contributed by atoms with Gasteiger partial charge in [0.05, 0.1) is 23.7 Å². The highest BCUT2D eigenvalue weighted by atomic mass is 19.3. The summed E-state index contributed by atoms with van der Waals surface area (Å²) in [5.74, 6) is -3.69. The number of alkyl halides is 2. The third-order valence-corrected chi connectivity index (χ3v) is 7.66. The maximum atomic E-state index is 14.2. The van der Waals surface area contributed by atoms with Crippen molar-refractivity contribution in [2.45, 2.75) is 50.4 Å². The van der Waals surface area contributed by atoms with Gasteiger partial charge < -0.3 is 10.2 Å². The molecule has 3 aliphatic rings. The smallest absolute Gasteiger partial charge is 0.263 e. The third kappa shape index (κ3) is 4.35. The minimum atomic E-state index is -2.60. The first-order chi connectivity index (χ1) is 15.8. The molecule has 0 aliphatic carbocycles.